The van der Waals surface area contributed by atoms with E-state index in [1.165, 1.54) is 27.8 Å². The molecule has 0 spiro atoms. The Balaban J connectivity index is 2.19. The Kier molecular flexibility index (Phi) is 3.58. The van der Waals surface area contributed by atoms with Gasteiger partial charge >= 0.3 is 0 Å². The van der Waals surface area contributed by atoms with Crippen molar-refractivity contribution in [3.63, 3.8) is 0 Å². The zero-order valence-corrected chi connectivity index (χ0v) is 11.9. The highest BCUT2D eigenvalue weighted by Crippen LogP contribution is 2.32. The zero-order valence-electron chi connectivity index (χ0n) is 11.2. The van der Waals surface area contributed by atoms with Gasteiger partial charge in [-0.25, -0.2) is 0 Å². The molecule has 0 bridgehead atoms. The van der Waals surface area contributed by atoms with E-state index in [1.54, 1.807) is 0 Å². The molecule has 3 rings (SSSR count). The summed E-state index contributed by atoms with van der Waals surface area (Å²) in [5.74, 6) is 0. The molecule has 1 N–H and O–H groups in total. The fourth-order valence-corrected chi connectivity index (χ4v) is 3.06. The molecule has 2 aromatic rings. The summed E-state index contributed by atoms with van der Waals surface area (Å²) in [7, 11) is 0. The van der Waals surface area contributed by atoms with Crippen LogP contribution < -0.4 is 5.32 Å². The van der Waals surface area contributed by atoms with Gasteiger partial charge in [-0.05, 0) is 59.3 Å². The summed E-state index contributed by atoms with van der Waals surface area (Å²) in [6.45, 7) is 4.24. The molecular weight excluding hydrogens is 254 g/mol. The predicted molar refractivity (Wildman–Crippen MR) is 81.7 cm³/mol. The van der Waals surface area contributed by atoms with E-state index in [2.05, 4.69) is 42.6 Å². The maximum absolute atomic E-state index is 6.19. The lowest BCUT2D eigenvalue weighted by molar-refractivity contribution is 0.645. The van der Waals surface area contributed by atoms with Crippen LogP contribution in [-0.4, -0.2) is 6.54 Å². The first-order valence-corrected chi connectivity index (χ1v) is 7.27. The van der Waals surface area contributed by atoms with Crippen molar-refractivity contribution in [3.05, 3.63) is 58.1 Å². The summed E-state index contributed by atoms with van der Waals surface area (Å²) >= 11 is 6.19. The molecule has 19 heavy (non-hydrogen) atoms. The predicted octanol–water partition coefficient (Wildman–Crippen LogP) is 4.22. The number of nitrogens with one attached hydrogen (secondary N) is 1. The van der Waals surface area contributed by atoms with Crippen molar-refractivity contribution in [2.24, 2.45) is 0 Å². The van der Waals surface area contributed by atoms with Gasteiger partial charge in [0.25, 0.3) is 0 Å². The number of hydrogen-bond acceptors (Lipinski definition) is 1. The van der Waals surface area contributed by atoms with Crippen LogP contribution in [-0.2, 0) is 19.4 Å². The van der Waals surface area contributed by atoms with Gasteiger partial charge in [-0.15, -0.1) is 0 Å². The lowest BCUT2D eigenvalue weighted by Gasteiger charge is -2.21. The summed E-state index contributed by atoms with van der Waals surface area (Å²) in [5.41, 5.74) is 6.94. The van der Waals surface area contributed by atoms with Crippen LogP contribution in [0.15, 0.2) is 36.4 Å². The lowest BCUT2D eigenvalue weighted by atomic mass is 9.89. The minimum atomic E-state index is 0.818. The molecule has 0 saturated carbocycles. The summed E-state index contributed by atoms with van der Waals surface area (Å²) in [6.07, 6.45) is 2.13. The second-order valence-electron chi connectivity index (χ2n) is 5.03. The topological polar surface area (TPSA) is 12.0 Å². The second-order valence-corrected chi connectivity index (χ2v) is 5.46. The van der Waals surface area contributed by atoms with Gasteiger partial charge in [0.2, 0.25) is 0 Å². The van der Waals surface area contributed by atoms with Gasteiger partial charge in [0, 0.05) is 11.6 Å². The van der Waals surface area contributed by atoms with E-state index < -0.39 is 0 Å². The summed E-state index contributed by atoms with van der Waals surface area (Å²) < 4.78 is 0. The van der Waals surface area contributed by atoms with Crippen molar-refractivity contribution >= 4 is 11.6 Å². The molecule has 1 aliphatic rings. The lowest BCUT2D eigenvalue weighted by Crippen LogP contribution is -2.24. The standard InChI is InChI=1S/C17H18ClN/c1-2-12-6-7-14(18)10-17(12)16-5-3-4-13-11-19-9-8-15(13)16/h3-7,10,19H,2,8-9,11H2,1H3. The largest absolute Gasteiger partial charge is 0.312 e. The van der Waals surface area contributed by atoms with Gasteiger partial charge in [-0.3, -0.25) is 0 Å². The Labute approximate surface area is 119 Å². The highest BCUT2D eigenvalue weighted by molar-refractivity contribution is 6.30. The molecule has 1 nitrogen and oxygen atoms in total. The summed E-state index contributed by atoms with van der Waals surface area (Å²) in [4.78, 5) is 0. The molecule has 0 aliphatic carbocycles. The summed E-state index contributed by atoms with van der Waals surface area (Å²) in [6, 6.07) is 12.9. The number of rotatable bonds is 2. The normalized spacial score (nSPS) is 14.2. The Bertz CT molecular complexity index is 604. The molecule has 2 aromatic carbocycles. The molecule has 0 radical (unpaired) electrons. The molecular formula is C17H18ClN. The number of aryl methyl sites for hydroxylation is 1. The van der Waals surface area contributed by atoms with Gasteiger partial charge in [0.1, 0.15) is 0 Å². The van der Waals surface area contributed by atoms with Gasteiger partial charge in [-0.2, -0.15) is 0 Å². The highest BCUT2D eigenvalue weighted by Gasteiger charge is 2.15. The monoisotopic (exact) mass is 271 g/mol. The van der Waals surface area contributed by atoms with E-state index in [-0.39, 0.29) is 0 Å². The fourth-order valence-electron chi connectivity index (χ4n) is 2.89. The van der Waals surface area contributed by atoms with Gasteiger partial charge in [0.05, 0.1) is 0 Å². The van der Waals surface area contributed by atoms with E-state index in [0.717, 1.165) is 31.0 Å². The number of fused-ring (bicyclic) bond motifs is 1. The molecule has 98 valence electrons. The third kappa shape index (κ3) is 2.41. The second kappa shape index (κ2) is 5.36. The third-order valence-electron chi connectivity index (χ3n) is 3.88. The molecule has 0 saturated heterocycles. The third-order valence-corrected chi connectivity index (χ3v) is 4.12. The highest BCUT2D eigenvalue weighted by atomic mass is 35.5. The van der Waals surface area contributed by atoms with Crippen LogP contribution in [0.25, 0.3) is 11.1 Å². The van der Waals surface area contributed by atoms with Crippen molar-refractivity contribution in [1.29, 1.82) is 0 Å². The van der Waals surface area contributed by atoms with Gasteiger partial charge in [0.15, 0.2) is 0 Å². The molecule has 0 unspecified atom stereocenters. The molecule has 1 heterocycles. The van der Waals surface area contributed by atoms with Crippen molar-refractivity contribution in [3.8, 4) is 11.1 Å². The first kappa shape index (κ1) is 12.7. The minimum Gasteiger partial charge on any atom is -0.312 e. The van der Waals surface area contributed by atoms with Crippen LogP contribution in [0.3, 0.4) is 0 Å². The summed E-state index contributed by atoms with van der Waals surface area (Å²) in [5, 5.41) is 4.25. The Hall–Kier alpha value is -1.31. The molecule has 1 aliphatic heterocycles. The molecule has 0 aromatic heterocycles. The van der Waals surface area contributed by atoms with Crippen molar-refractivity contribution < 1.29 is 0 Å². The fraction of sp³-hybridized carbons (Fsp3) is 0.294. The van der Waals surface area contributed by atoms with Crippen LogP contribution in [0.4, 0.5) is 0 Å². The van der Waals surface area contributed by atoms with E-state index in [9.17, 15) is 0 Å². The number of halogens is 1. The Morgan fingerprint density at radius 2 is 2.05 bits per heavy atom. The first-order valence-electron chi connectivity index (χ1n) is 6.90. The van der Waals surface area contributed by atoms with E-state index in [4.69, 9.17) is 11.6 Å². The number of benzene rings is 2. The molecule has 0 amide bonds. The van der Waals surface area contributed by atoms with Crippen LogP contribution in [0.1, 0.15) is 23.6 Å². The van der Waals surface area contributed by atoms with E-state index in [0.29, 0.717) is 0 Å². The van der Waals surface area contributed by atoms with Crippen molar-refractivity contribution in [1.82, 2.24) is 5.32 Å². The SMILES string of the molecule is CCc1ccc(Cl)cc1-c1cccc2c1CCNC2. The maximum atomic E-state index is 6.19. The van der Waals surface area contributed by atoms with Crippen molar-refractivity contribution in [2.45, 2.75) is 26.3 Å². The smallest absolute Gasteiger partial charge is 0.0412 e. The van der Waals surface area contributed by atoms with Crippen molar-refractivity contribution in [2.75, 3.05) is 6.54 Å². The van der Waals surface area contributed by atoms with Gasteiger partial charge in [-0.1, -0.05) is 42.8 Å². The van der Waals surface area contributed by atoms with Crippen LogP contribution in [0.2, 0.25) is 5.02 Å². The van der Waals surface area contributed by atoms with Crippen LogP contribution in [0, 0.1) is 0 Å². The van der Waals surface area contributed by atoms with E-state index >= 15 is 0 Å². The molecule has 2 heteroatoms. The first-order chi connectivity index (χ1) is 9.29. The van der Waals surface area contributed by atoms with E-state index in [1.807, 2.05) is 6.07 Å². The number of hydrogen-bond donors (Lipinski definition) is 1. The maximum Gasteiger partial charge on any atom is 0.0412 e. The molecule has 0 fully saturated rings. The Morgan fingerprint density at radius 3 is 2.89 bits per heavy atom. The van der Waals surface area contributed by atoms with Crippen LogP contribution in [0.5, 0.6) is 0 Å². The zero-order chi connectivity index (χ0) is 13.2. The molecule has 0 atom stereocenters. The minimum absolute atomic E-state index is 0.818. The average Bonchev–Trinajstić information content (AvgIpc) is 2.46. The average molecular weight is 272 g/mol. The Morgan fingerprint density at radius 1 is 1.16 bits per heavy atom. The van der Waals surface area contributed by atoms with Crippen LogP contribution >= 0.6 is 11.6 Å². The van der Waals surface area contributed by atoms with Gasteiger partial charge < -0.3 is 5.32 Å². The quantitative estimate of drug-likeness (QED) is 0.863.